The van der Waals surface area contributed by atoms with Crippen molar-refractivity contribution in [2.75, 3.05) is 0 Å². The van der Waals surface area contributed by atoms with E-state index in [1.165, 1.54) is 77.0 Å². The van der Waals surface area contributed by atoms with E-state index in [-0.39, 0.29) is 17.7 Å². The van der Waals surface area contributed by atoms with E-state index in [9.17, 15) is 9.90 Å². The van der Waals surface area contributed by atoms with Gasteiger partial charge < -0.3 is 9.84 Å². The molecule has 0 aromatic rings. The van der Waals surface area contributed by atoms with E-state index in [0.29, 0.717) is 12.8 Å². The standard InChI is InChI=1S/C28H50O3/c1-3-5-7-9-10-11-12-13-14-15-16-17-18-19-20-22-26(29)24-28(25-27(30)31-28)23-21-8-6-4-2/h10-11,13-14,26,29H,3-9,12,15-25H2,1-2H3/t26?,28-/m0/s1. The third-order valence-electron chi connectivity index (χ3n) is 6.38. The number of esters is 1. The highest BCUT2D eigenvalue weighted by Crippen LogP contribution is 2.38. The molecule has 31 heavy (non-hydrogen) atoms. The summed E-state index contributed by atoms with van der Waals surface area (Å²) in [6.45, 7) is 4.45. The van der Waals surface area contributed by atoms with E-state index in [4.69, 9.17) is 4.74 Å². The Morgan fingerprint density at radius 1 is 0.839 bits per heavy atom. The first kappa shape index (κ1) is 27.9. The zero-order valence-electron chi connectivity index (χ0n) is 20.6. The maximum atomic E-state index is 11.4. The molecule has 1 aliphatic heterocycles. The molecule has 0 radical (unpaired) electrons. The van der Waals surface area contributed by atoms with E-state index in [1.54, 1.807) is 0 Å². The van der Waals surface area contributed by atoms with Crippen molar-refractivity contribution in [3.63, 3.8) is 0 Å². The lowest BCUT2D eigenvalue weighted by Gasteiger charge is -2.42. The van der Waals surface area contributed by atoms with Crippen molar-refractivity contribution in [3.8, 4) is 0 Å². The molecular formula is C28H50O3. The van der Waals surface area contributed by atoms with Crippen LogP contribution in [-0.4, -0.2) is 22.8 Å². The Balaban J connectivity index is 1.98. The van der Waals surface area contributed by atoms with Gasteiger partial charge in [0, 0.05) is 6.42 Å². The lowest BCUT2D eigenvalue weighted by atomic mass is 9.82. The third kappa shape index (κ3) is 14.6. The molecule has 1 fully saturated rings. The number of hydrogen-bond acceptors (Lipinski definition) is 3. The number of rotatable bonds is 21. The van der Waals surface area contributed by atoms with Crippen molar-refractivity contribution in [1.82, 2.24) is 0 Å². The number of hydrogen-bond donors (Lipinski definition) is 1. The van der Waals surface area contributed by atoms with Crippen LogP contribution in [0.1, 0.15) is 136 Å². The van der Waals surface area contributed by atoms with Crippen molar-refractivity contribution in [2.24, 2.45) is 0 Å². The summed E-state index contributed by atoms with van der Waals surface area (Å²) < 4.78 is 5.50. The predicted molar refractivity (Wildman–Crippen MR) is 132 cm³/mol. The third-order valence-corrected chi connectivity index (χ3v) is 6.38. The maximum absolute atomic E-state index is 11.4. The molecule has 1 rings (SSSR count). The maximum Gasteiger partial charge on any atom is 0.310 e. The van der Waals surface area contributed by atoms with Crippen LogP contribution in [0.3, 0.4) is 0 Å². The minimum absolute atomic E-state index is 0.0975. The summed E-state index contributed by atoms with van der Waals surface area (Å²) in [7, 11) is 0. The highest BCUT2D eigenvalue weighted by molar-refractivity contribution is 5.76. The van der Waals surface area contributed by atoms with Crippen LogP contribution in [0, 0.1) is 0 Å². The zero-order valence-corrected chi connectivity index (χ0v) is 20.6. The summed E-state index contributed by atoms with van der Waals surface area (Å²) in [6, 6.07) is 0. The normalized spacial score (nSPS) is 19.8. The molecule has 1 N–H and O–H groups in total. The van der Waals surface area contributed by atoms with Crippen LogP contribution in [0.4, 0.5) is 0 Å². The largest absolute Gasteiger partial charge is 0.458 e. The van der Waals surface area contributed by atoms with Gasteiger partial charge in [0.2, 0.25) is 0 Å². The predicted octanol–water partition coefficient (Wildman–Crippen LogP) is 8.21. The molecule has 0 aromatic carbocycles. The SMILES string of the molecule is CCCCCC=CCC=CCCCCCCCC(O)C[C@@]1(CCCCCC)CC(=O)O1. The Morgan fingerprint density at radius 3 is 2.03 bits per heavy atom. The van der Waals surface area contributed by atoms with Gasteiger partial charge in [-0.25, -0.2) is 0 Å². The summed E-state index contributed by atoms with van der Waals surface area (Å²) in [6.07, 6.45) is 29.9. The second kappa shape index (κ2) is 18.5. The summed E-state index contributed by atoms with van der Waals surface area (Å²) in [5, 5.41) is 10.4. The number of unbranched alkanes of at least 4 members (excludes halogenated alkanes) is 11. The van der Waals surface area contributed by atoms with E-state index in [0.717, 1.165) is 32.1 Å². The van der Waals surface area contributed by atoms with Crippen LogP contribution in [-0.2, 0) is 9.53 Å². The van der Waals surface area contributed by atoms with Crippen LogP contribution < -0.4 is 0 Å². The first-order valence-corrected chi connectivity index (χ1v) is 13.3. The minimum atomic E-state index is -0.360. The monoisotopic (exact) mass is 434 g/mol. The van der Waals surface area contributed by atoms with Crippen molar-refractivity contribution >= 4 is 5.97 Å². The number of carbonyl (C=O) groups excluding carboxylic acids is 1. The Kier molecular flexibility index (Phi) is 16.7. The molecule has 3 nitrogen and oxygen atoms in total. The van der Waals surface area contributed by atoms with Crippen LogP contribution in [0.2, 0.25) is 0 Å². The molecule has 180 valence electrons. The molecule has 0 spiro atoms. The summed E-state index contributed by atoms with van der Waals surface area (Å²) in [4.78, 5) is 11.4. The van der Waals surface area contributed by atoms with Crippen LogP contribution in [0.15, 0.2) is 24.3 Å². The lowest BCUT2D eigenvalue weighted by Crippen LogP contribution is -2.49. The van der Waals surface area contributed by atoms with Crippen molar-refractivity contribution in [1.29, 1.82) is 0 Å². The van der Waals surface area contributed by atoms with Gasteiger partial charge in [-0.15, -0.1) is 0 Å². The summed E-state index contributed by atoms with van der Waals surface area (Å²) >= 11 is 0. The molecule has 0 saturated carbocycles. The number of carbonyl (C=O) groups is 1. The van der Waals surface area contributed by atoms with E-state index in [1.807, 2.05) is 0 Å². The van der Waals surface area contributed by atoms with E-state index < -0.39 is 0 Å². The molecule has 1 saturated heterocycles. The van der Waals surface area contributed by atoms with Gasteiger partial charge in [0.15, 0.2) is 0 Å². The molecular weight excluding hydrogens is 384 g/mol. The number of aliphatic hydroxyl groups is 1. The van der Waals surface area contributed by atoms with Gasteiger partial charge in [-0.3, -0.25) is 4.79 Å². The molecule has 1 aliphatic rings. The van der Waals surface area contributed by atoms with Gasteiger partial charge in [0.25, 0.3) is 0 Å². The minimum Gasteiger partial charge on any atom is -0.458 e. The molecule has 0 amide bonds. The van der Waals surface area contributed by atoms with Crippen molar-refractivity contribution in [3.05, 3.63) is 24.3 Å². The average molecular weight is 435 g/mol. The first-order valence-electron chi connectivity index (χ1n) is 13.3. The van der Waals surface area contributed by atoms with Gasteiger partial charge in [0.1, 0.15) is 5.60 Å². The number of allylic oxidation sites excluding steroid dienone is 4. The Morgan fingerprint density at radius 2 is 1.39 bits per heavy atom. The second-order valence-corrected chi connectivity index (χ2v) is 9.52. The van der Waals surface area contributed by atoms with Crippen LogP contribution >= 0.6 is 0 Å². The smallest absolute Gasteiger partial charge is 0.310 e. The zero-order chi connectivity index (χ0) is 22.6. The van der Waals surface area contributed by atoms with Crippen molar-refractivity contribution < 1.29 is 14.6 Å². The highest BCUT2D eigenvalue weighted by atomic mass is 16.6. The Labute approximate surface area is 192 Å². The summed E-state index contributed by atoms with van der Waals surface area (Å²) in [5.74, 6) is -0.0975. The van der Waals surface area contributed by atoms with Gasteiger partial charge in [0.05, 0.1) is 12.5 Å². The lowest BCUT2D eigenvalue weighted by molar-refractivity contribution is -0.198. The Hall–Kier alpha value is -1.09. The van der Waals surface area contributed by atoms with Crippen molar-refractivity contribution in [2.45, 2.75) is 148 Å². The molecule has 0 bridgehead atoms. The molecule has 2 atom stereocenters. The van der Waals surface area contributed by atoms with Gasteiger partial charge in [-0.05, 0) is 51.4 Å². The van der Waals surface area contributed by atoms with E-state index >= 15 is 0 Å². The first-order chi connectivity index (χ1) is 15.1. The quantitative estimate of drug-likeness (QED) is 0.112. The fourth-order valence-electron chi connectivity index (χ4n) is 4.45. The molecule has 3 heteroatoms. The molecule has 1 heterocycles. The number of cyclic esters (lactones) is 1. The second-order valence-electron chi connectivity index (χ2n) is 9.52. The topological polar surface area (TPSA) is 46.5 Å². The fourth-order valence-corrected chi connectivity index (χ4v) is 4.45. The molecule has 0 aromatic heterocycles. The highest BCUT2D eigenvalue weighted by Gasteiger charge is 2.46. The fraction of sp³-hybridized carbons (Fsp3) is 0.821. The number of ether oxygens (including phenoxy) is 1. The average Bonchev–Trinajstić information content (AvgIpc) is 2.73. The van der Waals surface area contributed by atoms with E-state index in [2.05, 4.69) is 38.2 Å². The van der Waals surface area contributed by atoms with Gasteiger partial charge in [-0.1, -0.05) is 95.9 Å². The van der Waals surface area contributed by atoms with Crippen LogP contribution in [0.25, 0.3) is 0 Å². The molecule has 1 unspecified atom stereocenters. The number of aliphatic hydroxyl groups excluding tert-OH is 1. The molecule has 0 aliphatic carbocycles. The van der Waals surface area contributed by atoms with Crippen LogP contribution in [0.5, 0.6) is 0 Å². The Bertz CT molecular complexity index is 486. The van der Waals surface area contributed by atoms with Gasteiger partial charge >= 0.3 is 5.97 Å². The van der Waals surface area contributed by atoms with Gasteiger partial charge in [-0.2, -0.15) is 0 Å². The summed E-state index contributed by atoms with van der Waals surface area (Å²) in [5.41, 5.74) is -0.360.